The Morgan fingerprint density at radius 2 is 1.59 bits per heavy atom. The predicted octanol–water partition coefficient (Wildman–Crippen LogP) is 7.53. The molecule has 0 bridgehead atoms. The molecule has 4 saturated carbocycles. The fraction of sp³-hybridized carbons (Fsp3) is 0.871. The van der Waals surface area contributed by atoms with Gasteiger partial charge in [0.15, 0.2) is 0 Å². The average molecular weight is 469 g/mol. The van der Waals surface area contributed by atoms with Crippen LogP contribution in [0.3, 0.4) is 0 Å². The summed E-state index contributed by atoms with van der Waals surface area (Å²) in [4.78, 5) is 27.0. The van der Waals surface area contributed by atoms with Crippen LogP contribution in [-0.2, 0) is 14.3 Å². The van der Waals surface area contributed by atoms with E-state index in [2.05, 4.69) is 54.5 Å². The van der Waals surface area contributed by atoms with Crippen LogP contribution in [0.15, 0.2) is 11.6 Å². The number of allylic oxidation sites excluding steroid dienone is 1. The van der Waals surface area contributed by atoms with Crippen molar-refractivity contribution in [1.29, 1.82) is 0 Å². The van der Waals surface area contributed by atoms with Gasteiger partial charge >= 0.3 is 5.97 Å². The molecule has 7 atom stereocenters. The summed E-state index contributed by atoms with van der Waals surface area (Å²) in [5.74, 6) is 1.73. The van der Waals surface area contributed by atoms with Crippen molar-refractivity contribution in [2.24, 2.45) is 50.2 Å². The Labute approximate surface area is 207 Å². The van der Waals surface area contributed by atoms with Crippen LogP contribution in [0.4, 0.5) is 0 Å². The first-order chi connectivity index (χ1) is 15.7. The SMILES string of the molecule is COC(=O)[C@@]12CC[C@@]3(C)CCC(C)(C)C[C@H]3C1=CC[C@@H]1[C@@]3(C)CCC(=O)C(C)(C)[C@@H]3CC[C@]12C. The molecular weight excluding hydrogens is 420 g/mol. The maximum Gasteiger partial charge on any atom is 0.316 e. The zero-order chi connectivity index (χ0) is 24.9. The van der Waals surface area contributed by atoms with Gasteiger partial charge in [-0.1, -0.05) is 60.1 Å². The maximum atomic E-state index is 14.1. The number of rotatable bonds is 1. The van der Waals surface area contributed by atoms with Gasteiger partial charge in [0.2, 0.25) is 0 Å². The number of Topliss-reactive ketones (excluding diaryl/α,β-unsaturated/α-hetero) is 1. The molecule has 5 aliphatic carbocycles. The van der Waals surface area contributed by atoms with Crippen LogP contribution in [0.5, 0.6) is 0 Å². The number of methoxy groups -OCH3 is 1. The van der Waals surface area contributed by atoms with E-state index < -0.39 is 5.41 Å². The molecular formula is C31H48O3. The van der Waals surface area contributed by atoms with Gasteiger partial charge in [0.25, 0.3) is 0 Å². The zero-order valence-electron chi connectivity index (χ0n) is 23.1. The molecule has 5 rings (SSSR count). The summed E-state index contributed by atoms with van der Waals surface area (Å²) >= 11 is 0. The molecule has 0 amide bonds. The lowest BCUT2D eigenvalue weighted by Crippen LogP contribution is -2.66. The highest BCUT2D eigenvalue weighted by Crippen LogP contribution is 2.75. The second-order valence-electron chi connectivity index (χ2n) is 15.1. The molecule has 3 heteroatoms. The molecule has 34 heavy (non-hydrogen) atoms. The van der Waals surface area contributed by atoms with E-state index in [0.29, 0.717) is 40.8 Å². The molecule has 0 radical (unpaired) electrons. The monoisotopic (exact) mass is 468 g/mol. The molecule has 0 spiro atoms. The number of carbonyl (C=O) groups excluding carboxylic acids is 2. The standard InChI is InChI=1S/C31H48O3/c1-26(2)15-16-28(5)17-18-31(25(33)34-8)20(21(28)19-26)9-10-23-29(6)13-12-24(32)27(3,4)22(29)11-14-30(23,31)7/h9,21-23H,10-19H2,1-8H3/t21-,22-,23+,28+,29-,30+,31+/m0/s1. The van der Waals surface area contributed by atoms with E-state index in [0.717, 1.165) is 38.5 Å². The first-order valence-electron chi connectivity index (χ1n) is 14.0. The van der Waals surface area contributed by atoms with Gasteiger partial charge in [0.05, 0.1) is 12.5 Å². The van der Waals surface area contributed by atoms with Gasteiger partial charge in [-0.15, -0.1) is 0 Å². The summed E-state index contributed by atoms with van der Waals surface area (Å²) in [5, 5.41) is 0. The molecule has 4 fully saturated rings. The van der Waals surface area contributed by atoms with Gasteiger partial charge in [-0.2, -0.15) is 0 Å². The minimum atomic E-state index is -0.512. The third kappa shape index (κ3) is 2.88. The number of fused-ring (bicyclic) bond motifs is 7. The fourth-order valence-corrected chi connectivity index (χ4v) is 10.6. The molecule has 0 heterocycles. The highest BCUT2D eigenvalue weighted by molar-refractivity contribution is 5.86. The van der Waals surface area contributed by atoms with Crippen molar-refractivity contribution in [2.45, 2.75) is 113 Å². The van der Waals surface area contributed by atoms with Crippen molar-refractivity contribution in [1.82, 2.24) is 0 Å². The maximum absolute atomic E-state index is 14.1. The van der Waals surface area contributed by atoms with Gasteiger partial charge in [-0.3, -0.25) is 9.59 Å². The van der Waals surface area contributed by atoms with Crippen molar-refractivity contribution >= 4 is 11.8 Å². The molecule has 0 saturated heterocycles. The van der Waals surface area contributed by atoms with Gasteiger partial charge < -0.3 is 4.74 Å². The number of ketones is 1. The Balaban J connectivity index is 1.66. The lowest BCUT2D eigenvalue weighted by atomic mass is 9.33. The number of carbonyl (C=O) groups is 2. The molecule has 0 unspecified atom stereocenters. The van der Waals surface area contributed by atoms with E-state index in [9.17, 15) is 9.59 Å². The second-order valence-corrected chi connectivity index (χ2v) is 15.1. The molecule has 0 aromatic rings. The Morgan fingerprint density at radius 3 is 2.26 bits per heavy atom. The third-order valence-corrected chi connectivity index (χ3v) is 12.8. The summed E-state index contributed by atoms with van der Waals surface area (Å²) in [6, 6.07) is 0. The van der Waals surface area contributed by atoms with Crippen LogP contribution in [0, 0.1) is 50.2 Å². The number of ether oxygens (including phenoxy) is 1. The number of esters is 1. The Hall–Kier alpha value is -1.12. The van der Waals surface area contributed by atoms with E-state index in [4.69, 9.17) is 4.74 Å². The van der Waals surface area contributed by atoms with E-state index >= 15 is 0 Å². The van der Waals surface area contributed by atoms with Crippen LogP contribution in [-0.4, -0.2) is 18.9 Å². The third-order valence-electron chi connectivity index (χ3n) is 12.8. The van der Waals surface area contributed by atoms with Crippen molar-refractivity contribution in [3.05, 3.63) is 11.6 Å². The lowest BCUT2D eigenvalue weighted by molar-refractivity contribution is -0.202. The van der Waals surface area contributed by atoms with Gasteiger partial charge in [0, 0.05) is 11.8 Å². The number of hydrogen-bond donors (Lipinski definition) is 0. The van der Waals surface area contributed by atoms with Crippen molar-refractivity contribution in [3.8, 4) is 0 Å². The van der Waals surface area contributed by atoms with Crippen molar-refractivity contribution < 1.29 is 14.3 Å². The molecule has 0 N–H and O–H groups in total. The molecule has 190 valence electrons. The van der Waals surface area contributed by atoms with E-state index in [1.54, 1.807) is 7.11 Å². The summed E-state index contributed by atoms with van der Waals surface area (Å²) < 4.78 is 5.72. The largest absolute Gasteiger partial charge is 0.468 e. The summed E-state index contributed by atoms with van der Waals surface area (Å²) in [6.45, 7) is 16.6. The zero-order valence-corrected chi connectivity index (χ0v) is 23.1. The highest BCUT2D eigenvalue weighted by Gasteiger charge is 2.71. The Kier molecular flexibility index (Phi) is 5.22. The topological polar surface area (TPSA) is 43.4 Å². The molecule has 3 nitrogen and oxygen atoms in total. The summed E-state index contributed by atoms with van der Waals surface area (Å²) in [7, 11) is 1.61. The second kappa shape index (κ2) is 7.22. The molecule has 0 aromatic heterocycles. The molecule has 5 aliphatic rings. The van der Waals surface area contributed by atoms with Crippen molar-refractivity contribution in [2.75, 3.05) is 7.11 Å². The van der Waals surface area contributed by atoms with Gasteiger partial charge in [-0.25, -0.2) is 0 Å². The van der Waals surface area contributed by atoms with Gasteiger partial charge in [-0.05, 0) is 97.2 Å². The lowest BCUT2D eigenvalue weighted by Gasteiger charge is -2.70. The predicted molar refractivity (Wildman–Crippen MR) is 136 cm³/mol. The van der Waals surface area contributed by atoms with Crippen molar-refractivity contribution in [3.63, 3.8) is 0 Å². The average Bonchev–Trinajstić information content (AvgIpc) is 2.76. The minimum absolute atomic E-state index is 0.0181. The highest BCUT2D eigenvalue weighted by atomic mass is 16.5. The summed E-state index contributed by atoms with van der Waals surface area (Å²) in [5.41, 5.74) is 1.24. The smallest absolute Gasteiger partial charge is 0.316 e. The van der Waals surface area contributed by atoms with E-state index in [-0.39, 0.29) is 22.2 Å². The van der Waals surface area contributed by atoms with E-state index in [1.807, 2.05) is 0 Å². The Bertz CT molecular complexity index is 942. The van der Waals surface area contributed by atoms with Crippen LogP contribution in [0.2, 0.25) is 0 Å². The van der Waals surface area contributed by atoms with Crippen LogP contribution >= 0.6 is 0 Å². The molecule has 0 aromatic carbocycles. The van der Waals surface area contributed by atoms with Crippen LogP contribution in [0.25, 0.3) is 0 Å². The van der Waals surface area contributed by atoms with Crippen LogP contribution < -0.4 is 0 Å². The summed E-state index contributed by atoms with van der Waals surface area (Å²) in [6.07, 6.45) is 13.1. The first-order valence-corrected chi connectivity index (χ1v) is 14.0. The normalized spacial score (nSPS) is 49.0. The van der Waals surface area contributed by atoms with Crippen LogP contribution in [0.1, 0.15) is 113 Å². The molecule has 0 aliphatic heterocycles. The first kappa shape index (κ1) is 24.6. The number of hydrogen-bond acceptors (Lipinski definition) is 3. The minimum Gasteiger partial charge on any atom is -0.468 e. The van der Waals surface area contributed by atoms with E-state index in [1.165, 1.54) is 24.8 Å². The Morgan fingerprint density at radius 1 is 0.912 bits per heavy atom. The fourth-order valence-electron chi connectivity index (χ4n) is 10.6. The quantitative estimate of drug-likeness (QED) is 0.295. The van der Waals surface area contributed by atoms with Gasteiger partial charge in [0.1, 0.15) is 5.78 Å².